The number of methoxy groups -OCH3 is 2. The molecule has 7 nitrogen and oxygen atoms in total. The van der Waals surface area contributed by atoms with Gasteiger partial charge in [-0.05, 0) is 43.7 Å². The van der Waals surface area contributed by atoms with Gasteiger partial charge in [-0.25, -0.2) is 9.59 Å². The third-order valence-electron chi connectivity index (χ3n) is 4.20. The van der Waals surface area contributed by atoms with Crippen LogP contribution in [0.2, 0.25) is 0 Å². The van der Waals surface area contributed by atoms with E-state index in [1.54, 1.807) is 32.0 Å². The van der Waals surface area contributed by atoms with Crippen LogP contribution in [0.15, 0.2) is 30.3 Å². The van der Waals surface area contributed by atoms with Crippen molar-refractivity contribution < 1.29 is 33.3 Å². The molecular weight excluding hydrogens is 364 g/mol. The Morgan fingerprint density at radius 3 is 2.50 bits per heavy atom. The Morgan fingerprint density at radius 1 is 1.07 bits per heavy atom. The molecule has 0 amide bonds. The van der Waals surface area contributed by atoms with Gasteiger partial charge in [0.1, 0.15) is 6.61 Å². The van der Waals surface area contributed by atoms with E-state index in [0.29, 0.717) is 28.4 Å². The summed E-state index contributed by atoms with van der Waals surface area (Å²) in [4.78, 5) is 23.6. The molecule has 0 atom stereocenters. The van der Waals surface area contributed by atoms with Gasteiger partial charge in [0.05, 0.1) is 25.9 Å². The van der Waals surface area contributed by atoms with Crippen molar-refractivity contribution >= 4 is 11.9 Å². The Kier molecular flexibility index (Phi) is 5.73. The largest absolute Gasteiger partial charge is 0.493 e. The fourth-order valence-electron chi connectivity index (χ4n) is 3.00. The molecule has 148 valence electrons. The molecule has 0 unspecified atom stereocenters. The van der Waals surface area contributed by atoms with E-state index in [-0.39, 0.29) is 25.3 Å². The van der Waals surface area contributed by atoms with Crippen LogP contribution in [0.4, 0.5) is 0 Å². The molecule has 28 heavy (non-hydrogen) atoms. The molecule has 0 radical (unpaired) electrons. The number of carbonyl (C=O) groups excluding carboxylic acids is 2. The van der Waals surface area contributed by atoms with Crippen LogP contribution >= 0.6 is 0 Å². The Bertz CT molecular complexity index is 902. The molecule has 0 aromatic heterocycles. The second-order valence-corrected chi connectivity index (χ2v) is 6.45. The first-order valence-electron chi connectivity index (χ1n) is 8.82. The van der Waals surface area contributed by atoms with Crippen molar-refractivity contribution in [2.24, 2.45) is 0 Å². The third-order valence-corrected chi connectivity index (χ3v) is 4.20. The molecule has 7 heteroatoms. The lowest BCUT2D eigenvalue weighted by molar-refractivity contribution is -0.149. The molecule has 2 aromatic carbocycles. The zero-order valence-electron chi connectivity index (χ0n) is 16.2. The average Bonchev–Trinajstić information content (AvgIpc) is 3.05. The van der Waals surface area contributed by atoms with Gasteiger partial charge < -0.3 is 23.7 Å². The van der Waals surface area contributed by atoms with Gasteiger partial charge in [0.25, 0.3) is 0 Å². The van der Waals surface area contributed by atoms with Crippen molar-refractivity contribution in [3.63, 3.8) is 0 Å². The number of hydrogen-bond acceptors (Lipinski definition) is 7. The lowest BCUT2D eigenvalue weighted by Gasteiger charge is -2.18. The molecule has 1 aliphatic heterocycles. The minimum absolute atomic E-state index is 0.228. The summed E-state index contributed by atoms with van der Waals surface area (Å²) in [6.45, 7) is 3.49. The molecule has 0 aliphatic carbocycles. The van der Waals surface area contributed by atoms with Gasteiger partial charge in [-0.15, -0.1) is 0 Å². The summed E-state index contributed by atoms with van der Waals surface area (Å²) in [5, 5.41) is 0. The highest BCUT2D eigenvalue weighted by atomic mass is 16.6. The van der Waals surface area contributed by atoms with Crippen molar-refractivity contribution in [2.75, 3.05) is 20.8 Å². The van der Waals surface area contributed by atoms with Crippen LogP contribution in [0.25, 0.3) is 11.1 Å². The summed E-state index contributed by atoms with van der Waals surface area (Å²) in [5.74, 6) is 0.372. The van der Waals surface area contributed by atoms with Crippen LogP contribution in [-0.4, -0.2) is 38.9 Å². The summed E-state index contributed by atoms with van der Waals surface area (Å²) in [6.07, 6.45) is -0.239. The lowest BCUT2D eigenvalue weighted by Crippen LogP contribution is -2.19. The Labute approximate surface area is 163 Å². The van der Waals surface area contributed by atoms with E-state index in [1.807, 2.05) is 12.1 Å². The smallest absolute Gasteiger partial charge is 0.344 e. The summed E-state index contributed by atoms with van der Waals surface area (Å²) < 4.78 is 26.8. The number of hydrogen-bond donors (Lipinski definition) is 0. The molecule has 0 saturated heterocycles. The van der Waals surface area contributed by atoms with Crippen molar-refractivity contribution in [1.82, 2.24) is 0 Å². The number of rotatable bonds is 7. The second kappa shape index (κ2) is 8.21. The number of ether oxygens (including phenoxy) is 5. The maximum Gasteiger partial charge on any atom is 0.344 e. The van der Waals surface area contributed by atoms with E-state index in [2.05, 4.69) is 0 Å². The molecule has 1 aliphatic rings. The van der Waals surface area contributed by atoms with Gasteiger partial charge in [0, 0.05) is 11.1 Å². The van der Waals surface area contributed by atoms with E-state index in [9.17, 15) is 9.59 Å². The number of fused-ring (bicyclic) bond motifs is 1. The van der Waals surface area contributed by atoms with E-state index >= 15 is 0 Å². The molecule has 2 aromatic rings. The number of esters is 2. The van der Waals surface area contributed by atoms with Crippen LogP contribution in [0.3, 0.4) is 0 Å². The summed E-state index contributed by atoms with van der Waals surface area (Å²) in [7, 11) is 3.02. The van der Waals surface area contributed by atoms with E-state index in [4.69, 9.17) is 23.7 Å². The molecular formula is C21H22O7. The SMILES string of the molecule is COc1ccc(-c2ccc3c(c2)COC3=O)c(OCC(=O)OC(C)C)c1OC. The third kappa shape index (κ3) is 3.88. The van der Waals surface area contributed by atoms with E-state index in [0.717, 1.165) is 11.1 Å². The van der Waals surface area contributed by atoms with Gasteiger partial charge in [0.2, 0.25) is 5.75 Å². The van der Waals surface area contributed by atoms with E-state index < -0.39 is 5.97 Å². The zero-order chi connectivity index (χ0) is 20.3. The minimum Gasteiger partial charge on any atom is -0.493 e. The van der Waals surface area contributed by atoms with Crippen LogP contribution in [0, 0.1) is 0 Å². The Hall–Kier alpha value is -3.22. The van der Waals surface area contributed by atoms with Gasteiger partial charge in [-0.1, -0.05) is 6.07 Å². The molecule has 0 bridgehead atoms. The monoisotopic (exact) mass is 386 g/mol. The standard InChI is InChI=1S/C21H22O7/c1-12(2)28-18(22)11-26-19-15(7-8-17(24-3)20(19)25-4)13-5-6-16-14(9-13)10-27-21(16)23/h5-9,12H,10-11H2,1-4H3. The number of carbonyl (C=O) groups is 2. The minimum atomic E-state index is -0.487. The second-order valence-electron chi connectivity index (χ2n) is 6.45. The van der Waals surface area contributed by atoms with Crippen LogP contribution in [-0.2, 0) is 20.9 Å². The average molecular weight is 386 g/mol. The highest BCUT2D eigenvalue weighted by Gasteiger charge is 2.24. The fourth-order valence-corrected chi connectivity index (χ4v) is 3.00. The predicted octanol–water partition coefficient (Wildman–Crippen LogP) is 3.37. The molecule has 1 heterocycles. The summed E-state index contributed by atoms with van der Waals surface area (Å²) >= 11 is 0. The first-order valence-corrected chi connectivity index (χ1v) is 8.82. The summed E-state index contributed by atoms with van der Waals surface area (Å²) in [6, 6.07) is 8.94. The maximum atomic E-state index is 11.9. The van der Waals surface area contributed by atoms with Crippen molar-refractivity contribution in [3.8, 4) is 28.4 Å². The quantitative estimate of drug-likeness (QED) is 0.675. The van der Waals surface area contributed by atoms with Gasteiger partial charge in [-0.3, -0.25) is 0 Å². The van der Waals surface area contributed by atoms with Crippen molar-refractivity contribution in [1.29, 1.82) is 0 Å². The highest BCUT2D eigenvalue weighted by molar-refractivity contribution is 5.94. The van der Waals surface area contributed by atoms with Crippen LogP contribution in [0.1, 0.15) is 29.8 Å². The van der Waals surface area contributed by atoms with Gasteiger partial charge in [-0.2, -0.15) is 0 Å². The first kappa shape index (κ1) is 19.5. The molecule has 0 fully saturated rings. The van der Waals surface area contributed by atoms with Crippen molar-refractivity contribution in [2.45, 2.75) is 26.6 Å². The fraction of sp³-hybridized carbons (Fsp3) is 0.333. The Balaban J connectivity index is 2.01. The predicted molar refractivity (Wildman–Crippen MR) is 101 cm³/mol. The topological polar surface area (TPSA) is 80.3 Å². The first-order chi connectivity index (χ1) is 13.4. The number of benzene rings is 2. The molecule has 0 spiro atoms. The van der Waals surface area contributed by atoms with Crippen molar-refractivity contribution in [3.05, 3.63) is 41.5 Å². The maximum absolute atomic E-state index is 11.9. The van der Waals surface area contributed by atoms with Gasteiger partial charge in [0.15, 0.2) is 18.1 Å². The van der Waals surface area contributed by atoms with Crippen LogP contribution < -0.4 is 14.2 Å². The molecule has 0 saturated carbocycles. The van der Waals surface area contributed by atoms with Crippen LogP contribution in [0.5, 0.6) is 17.2 Å². The lowest BCUT2D eigenvalue weighted by atomic mass is 9.99. The summed E-state index contributed by atoms with van der Waals surface area (Å²) in [5.41, 5.74) is 2.83. The molecule has 0 N–H and O–H groups in total. The Morgan fingerprint density at radius 2 is 1.82 bits per heavy atom. The van der Waals surface area contributed by atoms with E-state index in [1.165, 1.54) is 14.2 Å². The molecule has 3 rings (SSSR count). The zero-order valence-corrected chi connectivity index (χ0v) is 16.2. The highest BCUT2D eigenvalue weighted by Crippen LogP contribution is 2.45. The normalized spacial score (nSPS) is 12.4. The van der Waals surface area contributed by atoms with Gasteiger partial charge >= 0.3 is 11.9 Å². The number of cyclic esters (lactones) is 1.